The van der Waals surface area contributed by atoms with Crippen LogP contribution in [0.3, 0.4) is 0 Å². The van der Waals surface area contributed by atoms with Gasteiger partial charge in [-0.2, -0.15) is 0 Å². The molecule has 10 heteroatoms. The number of H-pyrrole nitrogens is 1. The maximum atomic E-state index is 11.9. The summed E-state index contributed by atoms with van der Waals surface area (Å²) in [5.74, 6) is -0.539. The highest BCUT2D eigenvalue weighted by atomic mass is 16.6. The Morgan fingerprint density at radius 2 is 1.75 bits per heavy atom. The van der Waals surface area contributed by atoms with Crippen molar-refractivity contribution >= 4 is 18.0 Å². The maximum absolute atomic E-state index is 11.9. The second kappa shape index (κ2) is 20.9. The van der Waals surface area contributed by atoms with Gasteiger partial charge < -0.3 is 29.5 Å². The van der Waals surface area contributed by atoms with Crippen LogP contribution in [0, 0.1) is 18.8 Å². The lowest BCUT2D eigenvalue weighted by atomic mass is 10.2. The van der Waals surface area contributed by atoms with E-state index in [1.54, 1.807) is 24.8 Å². The van der Waals surface area contributed by atoms with Gasteiger partial charge in [-0.15, -0.1) is 12.8 Å². The molecule has 10 nitrogen and oxygen atoms in total. The molecule has 0 bridgehead atoms. The highest BCUT2D eigenvalue weighted by Gasteiger charge is 2.33. The van der Waals surface area contributed by atoms with Crippen molar-refractivity contribution in [2.24, 2.45) is 5.92 Å². The quantitative estimate of drug-likeness (QED) is 0.422. The number of aromatic nitrogens is 1. The van der Waals surface area contributed by atoms with Crippen molar-refractivity contribution in [3.8, 4) is 24.1 Å². The van der Waals surface area contributed by atoms with Crippen LogP contribution in [-0.4, -0.2) is 58.2 Å². The van der Waals surface area contributed by atoms with Gasteiger partial charge in [0.2, 0.25) is 5.91 Å². The number of hydrogen-bond acceptors (Lipinski definition) is 6. The van der Waals surface area contributed by atoms with Crippen molar-refractivity contribution in [3.05, 3.63) is 47.1 Å². The number of pyridine rings is 1. The number of ether oxygens (including phenoxy) is 1. The van der Waals surface area contributed by atoms with Crippen molar-refractivity contribution in [1.82, 2.24) is 15.2 Å². The van der Waals surface area contributed by atoms with Crippen LogP contribution in [0.1, 0.15) is 73.1 Å². The number of carbonyl (C=O) groups is 3. The molecule has 2 aromatic rings. The molecule has 4 rings (SSSR count). The van der Waals surface area contributed by atoms with E-state index in [4.69, 9.17) is 14.3 Å². The number of hydrogen-bond donors (Lipinski definition) is 3. The molecular formula is C30H45N3O7. The van der Waals surface area contributed by atoms with Gasteiger partial charge in [-0.05, 0) is 50.5 Å². The number of alkyl carbamates (subject to hydrolysis) is 1. The van der Waals surface area contributed by atoms with Gasteiger partial charge in [0, 0.05) is 30.4 Å². The summed E-state index contributed by atoms with van der Waals surface area (Å²) in [7, 11) is 0. The summed E-state index contributed by atoms with van der Waals surface area (Å²) in [6.45, 7) is 10.7. The molecule has 0 aromatic carbocycles. The predicted molar refractivity (Wildman–Crippen MR) is 156 cm³/mol. The van der Waals surface area contributed by atoms with E-state index in [0.29, 0.717) is 19.4 Å². The highest BCUT2D eigenvalue weighted by Crippen LogP contribution is 2.21. The Bertz CT molecular complexity index is 1050. The standard InChI is InChI=1S/C13H20N2O5.C9H7NO2.C4H10.C2H6.C2H2/c16-11(15-7-3-6-10(15)12(17)18)8-14-13(19)20-9-4-1-2-5-9;11-8-1-3-10-9(5-8)7-2-4-12-6-7;1-4(2)3;2*1-2/h9-10H,1-8H2,(H,14,19)(H,17,18);1-6H,(H,10,11);4H,1-3H3;1-2H3;1-2H/t10-;;;;/m0..../s1. The molecule has 1 aliphatic heterocycles. The normalized spacial score (nSPS) is 15.5. The molecular weight excluding hydrogens is 514 g/mol. The number of nitrogens with one attached hydrogen (secondary N) is 2. The van der Waals surface area contributed by atoms with Gasteiger partial charge in [0.1, 0.15) is 18.7 Å². The number of nitrogens with zero attached hydrogens (tertiary/aromatic N) is 1. The van der Waals surface area contributed by atoms with E-state index in [0.717, 1.165) is 42.9 Å². The molecule has 1 saturated heterocycles. The second-order valence-corrected chi connectivity index (χ2v) is 9.43. The van der Waals surface area contributed by atoms with Crippen LogP contribution in [0.4, 0.5) is 4.79 Å². The number of carboxylic acids is 1. The lowest BCUT2D eigenvalue weighted by Crippen LogP contribution is -2.45. The van der Waals surface area contributed by atoms with Gasteiger partial charge in [0.05, 0.1) is 18.2 Å². The van der Waals surface area contributed by atoms with Crippen molar-refractivity contribution in [2.45, 2.75) is 85.3 Å². The first-order valence-corrected chi connectivity index (χ1v) is 13.7. The fourth-order valence-corrected chi connectivity index (χ4v) is 3.80. The molecule has 2 amide bonds. The zero-order valence-corrected chi connectivity index (χ0v) is 24.4. The van der Waals surface area contributed by atoms with E-state index in [1.807, 2.05) is 13.8 Å². The minimum Gasteiger partial charge on any atom is -0.480 e. The van der Waals surface area contributed by atoms with Crippen LogP contribution in [0.15, 0.2) is 46.1 Å². The molecule has 3 N–H and O–H groups in total. The third kappa shape index (κ3) is 14.2. The predicted octanol–water partition coefficient (Wildman–Crippen LogP) is 5.30. The number of rotatable bonds is 5. The highest BCUT2D eigenvalue weighted by molar-refractivity contribution is 5.87. The van der Waals surface area contributed by atoms with E-state index in [2.05, 4.69) is 43.9 Å². The third-order valence-corrected chi connectivity index (χ3v) is 5.42. The Balaban J connectivity index is 0.000000644. The van der Waals surface area contributed by atoms with Crippen LogP contribution in [0.25, 0.3) is 11.3 Å². The summed E-state index contributed by atoms with van der Waals surface area (Å²) in [6.07, 6.45) is 17.1. The summed E-state index contributed by atoms with van der Waals surface area (Å²) in [5.41, 5.74) is 1.65. The fraction of sp³-hybridized carbons (Fsp3) is 0.533. The van der Waals surface area contributed by atoms with Gasteiger partial charge in [0.15, 0.2) is 5.43 Å². The van der Waals surface area contributed by atoms with Gasteiger partial charge >= 0.3 is 12.1 Å². The van der Waals surface area contributed by atoms with Crippen molar-refractivity contribution in [2.75, 3.05) is 13.1 Å². The molecule has 1 aliphatic carbocycles. The number of furan rings is 1. The van der Waals surface area contributed by atoms with E-state index >= 15 is 0 Å². The van der Waals surface area contributed by atoms with Gasteiger partial charge in [-0.1, -0.05) is 34.6 Å². The number of carboxylic acid groups (broad SMARTS) is 1. The number of likely N-dealkylation sites (tertiary alicyclic amines) is 1. The largest absolute Gasteiger partial charge is 0.480 e. The fourth-order valence-electron chi connectivity index (χ4n) is 3.80. The summed E-state index contributed by atoms with van der Waals surface area (Å²) in [5, 5.41) is 11.4. The lowest BCUT2D eigenvalue weighted by Gasteiger charge is -2.21. The Kier molecular flexibility index (Phi) is 18.8. The summed E-state index contributed by atoms with van der Waals surface area (Å²) in [6, 6.07) is 4.04. The molecule has 1 atom stereocenters. The Hall–Kier alpha value is -4.00. The number of terminal acetylenes is 1. The van der Waals surface area contributed by atoms with E-state index in [1.165, 1.54) is 17.0 Å². The number of aliphatic carboxylic acids is 1. The smallest absolute Gasteiger partial charge is 0.407 e. The Morgan fingerprint density at radius 3 is 2.27 bits per heavy atom. The molecule has 1 saturated carbocycles. The molecule has 0 unspecified atom stereocenters. The van der Waals surface area contributed by atoms with E-state index in [9.17, 15) is 19.2 Å². The van der Waals surface area contributed by atoms with Crippen LogP contribution >= 0.6 is 0 Å². The molecule has 222 valence electrons. The van der Waals surface area contributed by atoms with E-state index in [-0.39, 0.29) is 24.0 Å². The summed E-state index contributed by atoms with van der Waals surface area (Å²) in [4.78, 5) is 49.6. The van der Waals surface area contributed by atoms with Crippen LogP contribution in [-0.2, 0) is 14.3 Å². The van der Waals surface area contributed by atoms with Crippen LogP contribution in [0.5, 0.6) is 0 Å². The van der Waals surface area contributed by atoms with Crippen molar-refractivity contribution in [1.29, 1.82) is 0 Å². The number of amides is 2. The lowest BCUT2D eigenvalue weighted by molar-refractivity contribution is -0.147. The number of aromatic amines is 1. The molecule has 0 spiro atoms. The van der Waals surface area contributed by atoms with Gasteiger partial charge in [-0.3, -0.25) is 9.59 Å². The maximum Gasteiger partial charge on any atom is 0.407 e. The third-order valence-electron chi connectivity index (χ3n) is 5.42. The summed E-state index contributed by atoms with van der Waals surface area (Å²) < 4.78 is 10.0. The summed E-state index contributed by atoms with van der Waals surface area (Å²) >= 11 is 0. The number of carbonyl (C=O) groups excluding carboxylic acids is 2. The minimum atomic E-state index is -0.996. The Labute approximate surface area is 237 Å². The topological polar surface area (TPSA) is 142 Å². The van der Waals surface area contributed by atoms with Crippen molar-refractivity contribution < 1.29 is 28.6 Å². The molecule has 2 aliphatic rings. The molecule has 2 fully saturated rings. The van der Waals surface area contributed by atoms with Gasteiger partial charge in [0.25, 0.3) is 0 Å². The molecule has 40 heavy (non-hydrogen) atoms. The molecule has 0 radical (unpaired) electrons. The Morgan fingerprint density at radius 1 is 1.12 bits per heavy atom. The first-order valence-electron chi connectivity index (χ1n) is 13.7. The van der Waals surface area contributed by atoms with Crippen LogP contribution in [0.2, 0.25) is 0 Å². The average Bonchev–Trinajstić information content (AvgIpc) is 3.73. The van der Waals surface area contributed by atoms with Crippen molar-refractivity contribution in [3.63, 3.8) is 0 Å². The zero-order chi connectivity index (χ0) is 30.5. The van der Waals surface area contributed by atoms with Gasteiger partial charge in [-0.25, -0.2) is 9.59 Å². The van der Waals surface area contributed by atoms with Crippen LogP contribution < -0.4 is 10.7 Å². The van der Waals surface area contributed by atoms with E-state index < -0.39 is 18.1 Å². The molecule has 3 heterocycles. The SMILES string of the molecule is C#C.CC.CC(C)C.O=C(NCC(=O)N1CCC[C@H]1C(=O)O)OC1CCCC1.O=c1cc[nH]c(-c2ccoc2)c1. The second-order valence-electron chi connectivity index (χ2n) is 9.43. The monoisotopic (exact) mass is 559 g/mol. The zero-order valence-electron chi connectivity index (χ0n) is 24.4. The average molecular weight is 560 g/mol. The molecule has 2 aromatic heterocycles. The minimum absolute atomic E-state index is 0.00931. The first-order chi connectivity index (χ1) is 19.2. The first kappa shape index (κ1) is 36.0.